The molecule has 0 aliphatic heterocycles. The van der Waals surface area contributed by atoms with Crippen molar-refractivity contribution >= 4 is 17.3 Å². The molecular weight excluding hydrogens is 382 g/mol. The fraction of sp³-hybridized carbons (Fsp3) is 0.667. The third-order valence-corrected chi connectivity index (χ3v) is 3.24. The number of oxime groups is 1. The van der Waals surface area contributed by atoms with Crippen molar-refractivity contribution in [3.63, 3.8) is 0 Å². The van der Waals surface area contributed by atoms with Crippen LogP contribution >= 0.6 is 11.6 Å². The second-order valence-corrected chi connectivity index (χ2v) is 5.40. The average Bonchev–Trinajstić information content (AvgIpc) is 2.49. The second kappa shape index (κ2) is 7.58. The first-order chi connectivity index (χ1) is 11.6. The summed E-state index contributed by atoms with van der Waals surface area (Å²) in [4.78, 5) is 14.6. The highest BCUT2D eigenvalue weighted by Gasteiger charge is 2.59. The summed E-state index contributed by atoms with van der Waals surface area (Å²) in [6, 6.07) is -1.95. The van der Waals surface area contributed by atoms with Gasteiger partial charge in [-0.15, -0.1) is 4.98 Å². The van der Waals surface area contributed by atoms with Crippen molar-refractivity contribution in [2.75, 3.05) is 0 Å². The van der Waals surface area contributed by atoms with E-state index in [-0.39, 0.29) is 0 Å². The van der Waals surface area contributed by atoms with Crippen LogP contribution in [0.15, 0.2) is 5.16 Å². The maximum Gasteiger partial charge on any atom is 0.434 e. The van der Waals surface area contributed by atoms with Crippen LogP contribution in [-0.4, -0.2) is 39.1 Å². The summed E-state index contributed by atoms with van der Waals surface area (Å²) >= 11 is 5.45. The second-order valence-electron chi connectivity index (χ2n) is 5.06. The molecule has 1 aliphatic carbocycles. The number of hydrogen-bond acceptors (Lipinski definition) is 6. The summed E-state index contributed by atoms with van der Waals surface area (Å²) in [5.41, 5.74) is 0.675. The molecule has 25 heavy (non-hydrogen) atoms. The van der Waals surface area contributed by atoms with Crippen molar-refractivity contribution in [3.8, 4) is 12.0 Å². The minimum atomic E-state index is -5.72. The first-order valence-corrected chi connectivity index (χ1v) is 7.38. The maximum absolute atomic E-state index is 12.5. The molecule has 0 atom stereocenters. The van der Waals surface area contributed by atoms with E-state index in [1.807, 2.05) is 0 Å². The molecule has 1 aromatic rings. The first-order valence-electron chi connectivity index (χ1n) is 7.00. The smallest absolute Gasteiger partial charge is 0.434 e. The molecular formula is C12H11ClF6N4O2. The van der Waals surface area contributed by atoms with Gasteiger partial charge >= 0.3 is 24.4 Å². The van der Waals surface area contributed by atoms with Crippen molar-refractivity contribution < 1.29 is 35.9 Å². The van der Waals surface area contributed by atoms with Gasteiger partial charge in [0.25, 0.3) is 6.10 Å². The summed E-state index contributed by atoms with van der Waals surface area (Å²) in [5, 5.41) is 3.02. The van der Waals surface area contributed by atoms with Crippen LogP contribution in [0.2, 0.25) is 5.28 Å². The van der Waals surface area contributed by atoms with Crippen molar-refractivity contribution in [1.82, 2.24) is 15.0 Å². The number of alkyl halides is 6. The van der Waals surface area contributed by atoms with Crippen LogP contribution in [0.3, 0.4) is 0 Å². The zero-order chi connectivity index (χ0) is 18.7. The molecule has 0 radical (unpaired) electrons. The lowest BCUT2D eigenvalue weighted by Crippen LogP contribution is -2.46. The van der Waals surface area contributed by atoms with Crippen LogP contribution in [0.1, 0.15) is 32.1 Å². The number of hydrogen-bond donors (Lipinski definition) is 0. The van der Waals surface area contributed by atoms with Crippen LogP contribution in [0.4, 0.5) is 26.3 Å². The number of ether oxygens (including phenoxy) is 1. The third kappa shape index (κ3) is 5.87. The monoisotopic (exact) mass is 392 g/mol. The highest BCUT2D eigenvalue weighted by atomic mass is 35.5. The number of nitrogens with zero attached hydrogens (tertiary/aromatic N) is 4. The van der Waals surface area contributed by atoms with Crippen molar-refractivity contribution in [1.29, 1.82) is 0 Å². The molecule has 13 heteroatoms. The lowest BCUT2D eigenvalue weighted by molar-refractivity contribution is -0.301. The molecule has 2 rings (SSSR count). The quantitative estimate of drug-likeness (QED) is 0.570. The minimum Gasteiger partial charge on any atom is -0.440 e. The molecule has 1 fully saturated rings. The Balaban J connectivity index is 2.17. The van der Waals surface area contributed by atoms with Crippen molar-refractivity contribution in [3.05, 3.63) is 5.28 Å². The van der Waals surface area contributed by atoms with Gasteiger partial charge in [-0.05, 0) is 37.3 Å². The molecule has 1 heterocycles. The Kier molecular flexibility index (Phi) is 5.91. The predicted octanol–water partition coefficient (Wildman–Crippen LogP) is 4.10. The van der Waals surface area contributed by atoms with Crippen LogP contribution in [0.5, 0.6) is 12.0 Å². The lowest BCUT2D eigenvalue weighted by Gasteiger charge is -2.22. The molecule has 0 saturated heterocycles. The lowest BCUT2D eigenvalue weighted by atomic mass is 9.99. The topological polar surface area (TPSA) is 69.5 Å². The Bertz CT molecular complexity index is 615. The molecule has 1 saturated carbocycles. The van der Waals surface area contributed by atoms with Gasteiger partial charge in [-0.25, -0.2) is 0 Å². The van der Waals surface area contributed by atoms with Gasteiger partial charge in [0, 0.05) is 0 Å². The molecule has 0 bridgehead atoms. The van der Waals surface area contributed by atoms with Gasteiger partial charge in [0.1, 0.15) is 0 Å². The molecule has 0 spiro atoms. The Morgan fingerprint density at radius 3 is 2.00 bits per heavy atom. The zero-order valence-corrected chi connectivity index (χ0v) is 13.1. The van der Waals surface area contributed by atoms with Gasteiger partial charge in [-0.2, -0.15) is 36.3 Å². The average molecular weight is 393 g/mol. The van der Waals surface area contributed by atoms with E-state index in [0.717, 1.165) is 19.3 Å². The molecule has 6 nitrogen and oxygen atoms in total. The van der Waals surface area contributed by atoms with Gasteiger partial charge in [0.2, 0.25) is 5.28 Å². The highest BCUT2D eigenvalue weighted by Crippen LogP contribution is 2.36. The molecule has 1 aromatic heterocycles. The first kappa shape index (κ1) is 19.5. The van der Waals surface area contributed by atoms with Crippen LogP contribution in [0, 0.1) is 0 Å². The third-order valence-electron chi connectivity index (χ3n) is 3.07. The zero-order valence-electron chi connectivity index (χ0n) is 12.4. The predicted molar refractivity (Wildman–Crippen MR) is 72.5 cm³/mol. The van der Waals surface area contributed by atoms with Crippen molar-refractivity contribution in [2.45, 2.75) is 50.6 Å². The van der Waals surface area contributed by atoms with Crippen LogP contribution < -0.4 is 9.57 Å². The molecule has 140 valence electrons. The number of aromatic nitrogens is 3. The highest BCUT2D eigenvalue weighted by molar-refractivity contribution is 6.28. The molecule has 0 unspecified atom stereocenters. The minimum absolute atomic E-state index is 0.659. The number of rotatable bonds is 4. The standard InChI is InChI=1S/C12H11ClF6N4O2/c13-8-20-9(24-7(11(14,15)16)12(17,18)19)22-10(21-8)25-23-6-4-2-1-3-5-6/h7H,1-5H2. The van der Waals surface area contributed by atoms with E-state index in [9.17, 15) is 26.3 Å². The van der Waals surface area contributed by atoms with Gasteiger partial charge in [-0.1, -0.05) is 11.6 Å². The van der Waals surface area contributed by atoms with Crippen LogP contribution in [0.25, 0.3) is 0 Å². The van der Waals surface area contributed by atoms with E-state index < -0.39 is 35.8 Å². The summed E-state index contributed by atoms with van der Waals surface area (Å²) in [6.45, 7) is 0. The largest absolute Gasteiger partial charge is 0.440 e. The summed E-state index contributed by atoms with van der Waals surface area (Å²) in [5.74, 6) is 0. The van der Waals surface area contributed by atoms with E-state index in [1.165, 1.54) is 0 Å². The van der Waals surface area contributed by atoms with Gasteiger partial charge in [0.05, 0.1) is 5.71 Å². The Morgan fingerprint density at radius 1 is 0.880 bits per heavy atom. The van der Waals surface area contributed by atoms with E-state index in [1.54, 1.807) is 0 Å². The maximum atomic E-state index is 12.5. The van der Waals surface area contributed by atoms with E-state index >= 15 is 0 Å². The fourth-order valence-electron chi connectivity index (χ4n) is 1.99. The normalized spacial score (nSPS) is 16.1. The molecule has 0 aromatic carbocycles. The molecule has 1 aliphatic rings. The Hall–Kier alpha value is -1.85. The Morgan fingerprint density at radius 2 is 1.44 bits per heavy atom. The fourth-order valence-corrected chi connectivity index (χ4v) is 2.13. The summed E-state index contributed by atoms with van der Waals surface area (Å²) in [7, 11) is 0. The van der Waals surface area contributed by atoms with Crippen molar-refractivity contribution in [2.24, 2.45) is 5.16 Å². The summed E-state index contributed by atoms with van der Waals surface area (Å²) in [6.07, 6.45) is -11.4. The SMILES string of the molecule is FC(F)(F)C(Oc1nc(Cl)nc(ON=C2CCCCC2)n1)C(F)(F)F. The van der Waals surface area contributed by atoms with E-state index in [0.29, 0.717) is 18.6 Å². The van der Waals surface area contributed by atoms with Gasteiger partial charge < -0.3 is 9.57 Å². The van der Waals surface area contributed by atoms with Gasteiger partial charge in [0.15, 0.2) is 0 Å². The summed E-state index contributed by atoms with van der Waals surface area (Å²) < 4.78 is 78.8. The molecule has 0 N–H and O–H groups in total. The van der Waals surface area contributed by atoms with Gasteiger partial charge in [-0.3, -0.25) is 0 Å². The van der Waals surface area contributed by atoms with Crippen LogP contribution in [-0.2, 0) is 0 Å². The van der Waals surface area contributed by atoms with E-state index in [2.05, 4.69) is 24.8 Å². The Labute approximate surface area is 142 Å². The molecule has 0 amide bonds. The number of halogens is 7. The van der Waals surface area contributed by atoms with E-state index in [4.69, 9.17) is 16.4 Å².